The zero-order valence-electron chi connectivity index (χ0n) is 12.1. The molecule has 118 valence electrons. The van der Waals surface area contributed by atoms with E-state index in [1.165, 1.54) is 43.3 Å². The molecule has 0 radical (unpaired) electrons. The van der Waals surface area contributed by atoms with E-state index < -0.39 is 23.6 Å². The van der Waals surface area contributed by atoms with Crippen LogP contribution < -0.4 is 10.1 Å². The number of carbonyl (C=O) groups is 3. The van der Waals surface area contributed by atoms with Gasteiger partial charge in [-0.3, -0.25) is 9.59 Å². The molecule has 7 nitrogen and oxygen atoms in total. The number of esters is 1. The summed E-state index contributed by atoms with van der Waals surface area (Å²) < 4.78 is 4.86. The van der Waals surface area contributed by atoms with Gasteiger partial charge in [0.2, 0.25) is 0 Å². The summed E-state index contributed by atoms with van der Waals surface area (Å²) in [6.07, 6.45) is 0. The molecule has 0 bridgehead atoms. The van der Waals surface area contributed by atoms with Crippen molar-refractivity contribution in [1.82, 2.24) is 0 Å². The van der Waals surface area contributed by atoms with Gasteiger partial charge < -0.3 is 20.3 Å². The number of amides is 1. The number of ether oxygens (including phenoxy) is 1. The normalized spacial score (nSPS) is 9.96. The molecule has 0 fully saturated rings. The van der Waals surface area contributed by atoms with Crippen LogP contribution in [0.2, 0.25) is 0 Å². The van der Waals surface area contributed by atoms with E-state index in [0.717, 1.165) is 6.07 Å². The number of carboxylic acids is 1. The molecule has 0 aromatic heterocycles. The molecule has 0 spiro atoms. The van der Waals surface area contributed by atoms with Crippen LogP contribution in [-0.2, 0) is 4.79 Å². The SMILES string of the molecule is CC(=O)Oc1ccc(C(=O)Nc2ccc(C(=O)O)c(O)c2)cc1. The first-order chi connectivity index (χ1) is 10.9. The Balaban J connectivity index is 2.11. The maximum atomic E-state index is 12.1. The molecule has 23 heavy (non-hydrogen) atoms. The fraction of sp³-hybridized carbons (Fsp3) is 0.0625. The van der Waals surface area contributed by atoms with Gasteiger partial charge in [-0.15, -0.1) is 0 Å². The van der Waals surface area contributed by atoms with Crippen LogP contribution in [0, 0.1) is 0 Å². The van der Waals surface area contributed by atoms with Gasteiger partial charge in [0.25, 0.3) is 5.91 Å². The first-order valence-electron chi connectivity index (χ1n) is 6.53. The van der Waals surface area contributed by atoms with Crippen LogP contribution in [0.3, 0.4) is 0 Å². The van der Waals surface area contributed by atoms with Crippen molar-refractivity contribution in [3.8, 4) is 11.5 Å². The summed E-state index contributed by atoms with van der Waals surface area (Å²) in [7, 11) is 0. The van der Waals surface area contributed by atoms with E-state index in [4.69, 9.17) is 9.84 Å². The highest BCUT2D eigenvalue weighted by Gasteiger charge is 2.12. The quantitative estimate of drug-likeness (QED) is 0.589. The highest BCUT2D eigenvalue weighted by Crippen LogP contribution is 2.22. The number of rotatable bonds is 4. The van der Waals surface area contributed by atoms with Gasteiger partial charge in [-0.1, -0.05) is 0 Å². The molecule has 0 atom stereocenters. The third-order valence-electron chi connectivity index (χ3n) is 2.86. The largest absolute Gasteiger partial charge is 0.507 e. The summed E-state index contributed by atoms with van der Waals surface area (Å²) in [5.74, 6) is -2.31. The molecule has 0 saturated heterocycles. The minimum Gasteiger partial charge on any atom is -0.507 e. The van der Waals surface area contributed by atoms with E-state index >= 15 is 0 Å². The summed E-state index contributed by atoms with van der Waals surface area (Å²) in [5, 5.41) is 20.9. The second-order valence-corrected chi connectivity index (χ2v) is 4.61. The zero-order valence-corrected chi connectivity index (χ0v) is 12.1. The van der Waals surface area contributed by atoms with E-state index in [-0.39, 0.29) is 11.3 Å². The maximum absolute atomic E-state index is 12.1. The number of anilines is 1. The Labute approximate surface area is 131 Å². The first-order valence-corrected chi connectivity index (χ1v) is 6.53. The van der Waals surface area contributed by atoms with E-state index in [0.29, 0.717) is 11.3 Å². The topological polar surface area (TPSA) is 113 Å². The molecular formula is C16H13NO6. The Morgan fingerprint density at radius 2 is 1.70 bits per heavy atom. The van der Waals surface area contributed by atoms with Gasteiger partial charge in [0.05, 0.1) is 0 Å². The fourth-order valence-electron chi connectivity index (χ4n) is 1.83. The number of hydrogen-bond donors (Lipinski definition) is 3. The van der Waals surface area contributed by atoms with E-state index in [9.17, 15) is 19.5 Å². The molecule has 0 aliphatic heterocycles. The van der Waals surface area contributed by atoms with Crippen LogP contribution in [0.25, 0.3) is 0 Å². The Hall–Kier alpha value is -3.35. The summed E-state index contributed by atoms with van der Waals surface area (Å²) in [4.78, 5) is 33.7. The minimum atomic E-state index is -1.26. The average molecular weight is 315 g/mol. The molecular weight excluding hydrogens is 302 g/mol. The number of carbonyl (C=O) groups excluding carboxylic acids is 2. The lowest BCUT2D eigenvalue weighted by Crippen LogP contribution is -2.12. The van der Waals surface area contributed by atoms with E-state index in [2.05, 4.69) is 5.32 Å². The van der Waals surface area contributed by atoms with E-state index in [1.807, 2.05) is 0 Å². The van der Waals surface area contributed by atoms with Crippen molar-refractivity contribution in [2.75, 3.05) is 5.32 Å². The smallest absolute Gasteiger partial charge is 0.339 e. The average Bonchev–Trinajstić information content (AvgIpc) is 2.47. The summed E-state index contributed by atoms with van der Waals surface area (Å²) in [6.45, 7) is 1.27. The van der Waals surface area contributed by atoms with Crippen LogP contribution in [0.5, 0.6) is 11.5 Å². The van der Waals surface area contributed by atoms with Gasteiger partial charge in [0, 0.05) is 24.2 Å². The van der Waals surface area contributed by atoms with Crippen molar-refractivity contribution in [3.05, 3.63) is 53.6 Å². The van der Waals surface area contributed by atoms with Crippen LogP contribution in [0.15, 0.2) is 42.5 Å². The molecule has 7 heteroatoms. The van der Waals surface area contributed by atoms with Gasteiger partial charge in [0.1, 0.15) is 17.1 Å². The van der Waals surface area contributed by atoms with Crippen LogP contribution in [0.1, 0.15) is 27.6 Å². The lowest BCUT2D eigenvalue weighted by molar-refractivity contribution is -0.131. The fourth-order valence-corrected chi connectivity index (χ4v) is 1.83. The Bertz CT molecular complexity index is 767. The number of hydrogen-bond acceptors (Lipinski definition) is 5. The molecule has 2 aromatic rings. The monoisotopic (exact) mass is 315 g/mol. The number of phenols is 1. The van der Waals surface area contributed by atoms with Crippen molar-refractivity contribution in [3.63, 3.8) is 0 Å². The summed E-state index contributed by atoms with van der Waals surface area (Å²) in [5.41, 5.74) is 0.304. The molecule has 0 aliphatic rings. The van der Waals surface area contributed by atoms with Gasteiger partial charge in [-0.2, -0.15) is 0 Å². The van der Waals surface area contributed by atoms with Crippen molar-refractivity contribution in [2.45, 2.75) is 6.92 Å². The highest BCUT2D eigenvalue weighted by molar-refractivity contribution is 6.04. The second kappa shape index (κ2) is 6.61. The zero-order chi connectivity index (χ0) is 17.0. The minimum absolute atomic E-state index is 0.251. The predicted molar refractivity (Wildman–Crippen MR) is 80.8 cm³/mol. The number of benzene rings is 2. The predicted octanol–water partition coefficient (Wildman–Crippen LogP) is 2.27. The first kappa shape index (κ1) is 16.0. The standard InChI is InChI=1S/C16H13NO6/c1-9(18)23-12-5-2-10(3-6-12)15(20)17-11-4-7-13(16(21)22)14(19)8-11/h2-8,19H,1H3,(H,17,20)(H,21,22). The van der Waals surface area contributed by atoms with Crippen molar-refractivity contribution in [2.24, 2.45) is 0 Å². The van der Waals surface area contributed by atoms with Crippen LogP contribution in [0.4, 0.5) is 5.69 Å². The lowest BCUT2D eigenvalue weighted by atomic mass is 10.1. The Kier molecular flexibility index (Phi) is 4.61. The number of aromatic carboxylic acids is 1. The van der Waals surface area contributed by atoms with Crippen molar-refractivity contribution < 1.29 is 29.3 Å². The summed E-state index contributed by atoms with van der Waals surface area (Å²) in [6, 6.07) is 9.60. The van der Waals surface area contributed by atoms with Gasteiger partial charge >= 0.3 is 11.9 Å². The van der Waals surface area contributed by atoms with Gasteiger partial charge in [-0.05, 0) is 36.4 Å². The third-order valence-corrected chi connectivity index (χ3v) is 2.86. The van der Waals surface area contributed by atoms with E-state index in [1.54, 1.807) is 0 Å². The Morgan fingerprint density at radius 1 is 1.04 bits per heavy atom. The highest BCUT2D eigenvalue weighted by atomic mass is 16.5. The van der Waals surface area contributed by atoms with Crippen LogP contribution >= 0.6 is 0 Å². The molecule has 0 heterocycles. The third kappa shape index (κ3) is 4.07. The molecule has 0 aliphatic carbocycles. The molecule has 3 N–H and O–H groups in total. The van der Waals surface area contributed by atoms with Crippen molar-refractivity contribution >= 4 is 23.5 Å². The maximum Gasteiger partial charge on any atom is 0.339 e. The number of aromatic hydroxyl groups is 1. The lowest BCUT2D eigenvalue weighted by Gasteiger charge is -2.08. The second-order valence-electron chi connectivity index (χ2n) is 4.61. The molecule has 0 saturated carbocycles. The van der Waals surface area contributed by atoms with Crippen LogP contribution in [-0.4, -0.2) is 28.1 Å². The van der Waals surface area contributed by atoms with Gasteiger partial charge in [-0.25, -0.2) is 4.79 Å². The van der Waals surface area contributed by atoms with Crippen molar-refractivity contribution in [1.29, 1.82) is 0 Å². The molecule has 2 aromatic carbocycles. The molecule has 2 rings (SSSR count). The molecule has 0 unspecified atom stereocenters. The number of nitrogens with one attached hydrogen (secondary N) is 1. The van der Waals surface area contributed by atoms with Gasteiger partial charge in [0.15, 0.2) is 0 Å². The Morgan fingerprint density at radius 3 is 2.22 bits per heavy atom. The molecule has 1 amide bonds. The summed E-state index contributed by atoms with van der Waals surface area (Å²) >= 11 is 0. The number of carboxylic acid groups (broad SMARTS) is 1.